The Kier molecular flexibility index (Phi) is 5.69. The van der Waals surface area contributed by atoms with Crippen LogP contribution in [0.2, 0.25) is 0 Å². The lowest BCUT2D eigenvalue weighted by molar-refractivity contribution is -0.249. The van der Waals surface area contributed by atoms with E-state index >= 15 is 0 Å². The van der Waals surface area contributed by atoms with Crippen molar-refractivity contribution in [1.29, 1.82) is 5.26 Å². The Bertz CT molecular complexity index is 1160. The summed E-state index contributed by atoms with van der Waals surface area (Å²) in [4.78, 5) is 20.5. The third-order valence-corrected chi connectivity index (χ3v) is 5.27. The van der Waals surface area contributed by atoms with E-state index in [0.717, 1.165) is 13.0 Å². The Balaban J connectivity index is 1.95. The molecule has 168 valence electrons. The van der Waals surface area contributed by atoms with Gasteiger partial charge in [-0.05, 0) is 50.6 Å². The number of nitrogens with one attached hydrogen (secondary N) is 1. The number of rotatable bonds is 3. The molecule has 0 bridgehead atoms. The molecule has 7 nitrogen and oxygen atoms in total. The fourth-order valence-corrected chi connectivity index (χ4v) is 3.16. The van der Waals surface area contributed by atoms with E-state index < -0.39 is 41.5 Å². The number of aryl methyl sites for hydroxylation is 1. The Morgan fingerprint density at radius 1 is 1.28 bits per heavy atom. The molecule has 32 heavy (non-hydrogen) atoms. The smallest absolute Gasteiger partial charge is 0.385 e. The summed E-state index contributed by atoms with van der Waals surface area (Å²) >= 11 is 0. The average Bonchev–Trinajstić information content (AvgIpc) is 2.72. The minimum absolute atomic E-state index is 0.00495. The number of aromatic nitrogens is 1. The normalized spacial score (nSPS) is 23.2. The van der Waals surface area contributed by atoms with Crippen LogP contribution in [0.4, 0.5) is 23.2 Å². The Morgan fingerprint density at radius 3 is 2.56 bits per heavy atom. The second kappa shape index (κ2) is 7.87. The zero-order chi connectivity index (χ0) is 23.9. The standard InChI is InChI=1S/C21H19F4N5O2/c1-11-4-5-13(9-26)28-16(11)17(31)29-12-6-7-15(22)14(8-12)19(2)10-32-20(3,18(27)30-19)21(23,24)25/h4-8H,10H2,1-3H3,(H2,27,30)(H,29,31)/t19-,20+/m0/s1. The highest BCUT2D eigenvalue weighted by Gasteiger charge is 2.59. The van der Waals surface area contributed by atoms with Gasteiger partial charge in [-0.25, -0.2) is 9.37 Å². The third kappa shape index (κ3) is 4.01. The number of amides is 1. The van der Waals surface area contributed by atoms with Crippen LogP contribution in [0.5, 0.6) is 0 Å². The van der Waals surface area contributed by atoms with Gasteiger partial charge in [-0.1, -0.05) is 6.07 Å². The predicted octanol–water partition coefficient (Wildman–Crippen LogP) is 3.58. The number of ether oxygens (including phenoxy) is 1. The van der Waals surface area contributed by atoms with Crippen molar-refractivity contribution in [3.05, 3.63) is 58.7 Å². The van der Waals surface area contributed by atoms with Crippen molar-refractivity contribution in [1.82, 2.24) is 4.98 Å². The van der Waals surface area contributed by atoms with Crippen LogP contribution < -0.4 is 11.1 Å². The first kappa shape index (κ1) is 23.1. The van der Waals surface area contributed by atoms with Crippen LogP contribution in [-0.4, -0.2) is 35.1 Å². The summed E-state index contributed by atoms with van der Waals surface area (Å²) in [5.41, 5.74) is 1.83. The molecule has 3 N–H and O–H groups in total. The molecule has 0 radical (unpaired) electrons. The molecule has 1 aromatic heterocycles. The lowest BCUT2D eigenvalue weighted by Gasteiger charge is -2.41. The van der Waals surface area contributed by atoms with E-state index in [9.17, 15) is 22.4 Å². The lowest BCUT2D eigenvalue weighted by Crippen LogP contribution is -2.60. The van der Waals surface area contributed by atoms with Crippen molar-refractivity contribution in [3.8, 4) is 6.07 Å². The van der Waals surface area contributed by atoms with Crippen LogP contribution in [0.15, 0.2) is 35.3 Å². The summed E-state index contributed by atoms with van der Waals surface area (Å²) < 4.78 is 59.6. The lowest BCUT2D eigenvalue weighted by atomic mass is 9.89. The van der Waals surface area contributed by atoms with Gasteiger partial charge < -0.3 is 15.8 Å². The Labute approximate surface area is 180 Å². The molecule has 0 aliphatic carbocycles. The number of alkyl halides is 3. The number of aliphatic imine (C=N–C) groups is 1. The molecule has 0 saturated carbocycles. The quantitative estimate of drug-likeness (QED) is 0.696. The molecule has 2 aromatic rings. The van der Waals surface area contributed by atoms with Crippen LogP contribution >= 0.6 is 0 Å². The number of nitrogens with zero attached hydrogens (tertiary/aromatic N) is 3. The van der Waals surface area contributed by atoms with Gasteiger partial charge in [-0.3, -0.25) is 9.79 Å². The summed E-state index contributed by atoms with van der Waals surface area (Å²) in [5, 5.41) is 11.5. The zero-order valence-electron chi connectivity index (χ0n) is 17.3. The van der Waals surface area contributed by atoms with Gasteiger partial charge in [0, 0.05) is 11.3 Å². The van der Waals surface area contributed by atoms with E-state index in [0.29, 0.717) is 5.56 Å². The maximum absolute atomic E-state index is 14.6. The summed E-state index contributed by atoms with van der Waals surface area (Å²) in [6, 6.07) is 8.43. The fourth-order valence-electron chi connectivity index (χ4n) is 3.16. The van der Waals surface area contributed by atoms with Crippen LogP contribution in [0.3, 0.4) is 0 Å². The highest BCUT2D eigenvalue weighted by atomic mass is 19.4. The van der Waals surface area contributed by atoms with Crippen LogP contribution in [-0.2, 0) is 10.3 Å². The van der Waals surface area contributed by atoms with Gasteiger partial charge in [0.2, 0.25) is 5.60 Å². The Hall–Kier alpha value is -3.52. The third-order valence-electron chi connectivity index (χ3n) is 5.27. The van der Waals surface area contributed by atoms with Gasteiger partial charge in [0.15, 0.2) is 0 Å². The van der Waals surface area contributed by atoms with Crippen LogP contribution in [0.25, 0.3) is 0 Å². The molecule has 3 rings (SSSR count). The molecule has 1 aliphatic rings. The molecule has 0 fully saturated rings. The van der Waals surface area contributed by atoms with E-state index in [1.54, 1.807) is 13.0 Å². The van der Waals surface area contributed by atoms with Gasteiger partial charge in [0.1, 0.15) is 34.6 Å². The number of halogens is 4. The maximum Gasteiger partial charge on any atom is 0.424 e. The largest absolute Gasteiger partial charge is 0.424 e. The molecule has 1 aliphatic heterocycles. The fraction of sp³-hybridized carbons (Fsp3) is 0.333. The second-order valence-electron chi connectivity index (χ2n) is 7.71. The number of nitrogens with two attached hydrogens (primary N) is 1. The molecule has 1 amide bonds. The number of carbonyl (C=O) groups is 1. The van der Waals surface area contributed by atoms with Crippen molar-refractivity contribution >= 4 is 17.4 Å². The van der Waals surface area contributed by atoms with Crippen molar-refractivity contribution in [2.24, 2.45) is 10.7 Å². The van der Waals surface area contributed by atoms with E-state index in [4.69, 9.17) is 15.7 Å². The molecule has 0 unspecified atom stereocenters. The number of pyridine rings is 1. The zero-order valence-corrected chi connectivity index (χ0v) is 17.3. The van der Waals surface area contributed by atoms with E-state index in [2.05, 4.69) is 15.3 Å². The number of benzene rings is 1. The van der Waals surface area contributed by atoms with Gasteiger partial charge in [-0.2, -0.15) is 18.4 Å². The minimum Gasteiger partial charge on any atom is -0.385 e. The first-order valence-corrected chi connectivity index (χ1v) is 9.36. The maximum atomic E-state index is 14.6. The minimum atomic E-state index is -4.81. The number of nitriles is 1. The molecule has 0 saturated heterocycles. The van der Waals surface area contributed by atoms with Crippen molar-refractivity contribution < 1.29 is 27.1 Å². The topological polar surface area (TPSA) is 113 Å². The summed E-state index contributed by atoms with van der Waals surface area (Å²) in [6.07, 6.45) is -4.81. The number of amidine groups is 1. The molecule has 2 atom stereocenters. The van der Waals surface area contributed by atoms with E-state index in [-0.39, 0.29) is 22.6 Å². The highest BCUT2D eigenvalue weighted by molar-refractivity contribution is 6.04. The van der Waals surface area contributed by atoms with E-state index in [1.807, 2.05) is 6.07 Å². The number of anilines is 1. The molecular weight excluding hydrogens is 430 g/mol. The second-order valence-corrected chi connectivity index (χ2v) is 7.71. The monoisotopic (exact) mass is 449 g/mol. The van der Waals surface area contributed by atoms with E-state index in [1.165, 1.54) is 25.1 Å². The number of hydrogen-bond donors (Lipinski definition) is 2. The van der Waals surface area contributed by atoms with Gasteiger partial charge >= 0.3 is 6.18 Å². The molecule has 0 spiro atoms. The first-order chi connectivity index (χ1) is 14.8. The van der Waals surface area contributed by atoms with Crippen LogP contribution in [0.1, 0.15) is 41.2 Å². The Morgan fingerprint density at radius 2 is 1.97 bits per heavy atom. The number of carbonyl (C=O) groups excluding carboxylic acids is 1. The number of hydrogen-bond acceptors (Lipinski definition) is 6. The van der Waals surface area contributed by atoms with Gasteiger partial charge in [0.25, 0.3) is 5.91 Å². The molecule has 1 aromatic carbocycles. The molecule has 11 heteroatoms. The average molecular weight is 449 g/mol. The summed E-state index contributed by atoms with van der Waals surface area (Å²) in [5.74, 6) is -2.24. The van der Waals surface area contributed by atoms with Crippen molar-refractivity contribution in [3.63, 3.8) is 0 Å². The van der Waals surface area contributed by atoms with Gasteiger partial charge in [-0.15, -0.1) is 0 Å². The SMILES string of the molecule is Cc1ccc(C#N)nc1C(=O)Nc1ccc(F)c([C@]2(C)CO[C@@](C)(C(F)(F)F)C(N)=N2)c1. The summed E-state index contributed by atoms with van der Waals surface area (Å²) in [6.45, 7) is 3.17. The molecule has 2 heterocycles. The summed E-state index contributed by atoms with van der Waals surface area (Å²) in [7, 11) is 0. The highest BCUT2D eigenvalue weighted by Crippen LogP contribution is 2.41. The van der Waals surface area contributed by atoms with Crippen LogP contribution in [0, 0.1) is 24.1 Å². The van der Waals surface area contributed by atoms with Crippen molar-refractivity contribution in [2.75, 3.05) is 11.9 Å². The van der Waals surface area contributed by atoms with Gasteiger partial charge in [0.05, 0.1) is 6.61 Å². The predicted molar refractivity (Wildman–Crippen MR) is 107 cm³/mol. The van der Waals surface area contributed by atoms with Crippen molar-refractivity contribution in [2.45, 2.75) is 38.1 Å². The molecular formula is C21H19F4N5O2. The first-order valence-electron chi connectivity index (χ1n) is 9.36.